The molecule has 0 spiro atoms. The minimum Gasteiger partial charge on any atom is -0.437 e. The van der Waals surface area contributed by atoms with Gasteiger partial charge in [0.1, 0.15) is 11.6 Å². The maximum Gasteiger partial charge on any atom is 0.249 e. The molecule has 1 heterocycles. The Morgan fingerprint density at radius 3 is 2.56 bits per heavy atom. The number of hydrogen-bond donors (Lipinski definition) is 2. The van der Waals surface area contributed by atoms with E-state index in [2.05, 4.69) is 15.1 Å². The summed E-state index contributed by atoms with van der Waals surface area (Å²) in [4.78, 5) is 7.80. The Kier molecular flexibility index (Phi) is 3.33. The van der Waals surface area contributed by atoms with Gasteiger partial charge >= 0.3 is 0 Å². The van der Waals surface area contributed by atoms with E-state index in [4.69, 9.17) is 15.7 Å². The highest BCUT2D eigenvalue weighted by atomic mass is 19.1. The number of hydrogen-bond acceptors (Lipinski definition) is 5. The number of rotatable bonds is 3. The average Bonchev–Trinajstić information content (AvgIpc) is 2.41. The minimum absolute atomic E-state index is 0.0689. The summed E-state index contributed by atoms with van der Waals surface area (Å²) in [6, 6.07) is 5.35. The van der Waals surface area contributed by atoms with Gasteiger partial charge in [-0.15, -0.1) is 0 Å². The van der Waals surface area contributed by atoms with Gasteiger partial charge < -0.3 is 15.7 Å². The van der Waals surface area contributed by atoms with E-state index in [0.717, 1.165) is 0 Å². The van der Waals surface area contributed by atoms with Crippen LogP contribution < -0.4 is 10.5 Å². The second-order valence-electron chi connectivity index (χ2n) is 3.25. The maximum absolute atomic E-state index is 12.7. The molecule has 92 valence electrons. The zero-order chi connectivity index (χ0) is 13.0. The lowest BCUT2D eigenvalue weighted by Gasteiger charge is -2.07. The second-order valence-corrected chi connectivity index (χ2v) is 3.25. The molecule has 0 atom stereocenters. The highest BCUT2D eigenvalue weighted by Gasteiger charge is 2.12. The van der Waals surface area contributed by atoms with Gasteiger partial charge in [0, 0.05) is 12.4 Å². The summed E-state index contributed by atoms with van der Waals surface area (Å²) < 4.78 is 18.1. The number of oxime groups is 1. The van der Waals surface area contributed by atoms with E-state index >= 15 is 0 Å². The van der Waals surface area contributed by atoms with Crippen LogP contribution in [-0.4, -0.2) is 21.0 Å². The molecule has 0 bridgehead atoms. The molecule has 0 aliphatic carbocycles. The molecule has 6 nitrogen and oxygen atoms in total. The number of aromatic nitrogens is 2. The Balaban J connectivity index is 2.32. The van der Waals surface area contributed by atoms with Gasteiger partial charge in [-0.3, -0.25) is 0 Å². The number of amidine groups is 1. The summed E-state index contributed by atoms with van der Waals surface area (Å²) in [5.41, 5.74) is 5.53. The van der Waals surface area contributed by atoms with E-state index in [0.29, 0.717) is 5.75 Å². The lowest BCUT2D eigenvalue weighted by molar-refractivity contribution is 0.318. The van der Waals surface area contributed by atoms with Crippen LogP contribution in [0, 0.1) is 5.82 Å². The Morgan fingerprint density at radius 1 is 1.22 bits per heavy atom. The summed E-state index contributed by atoms with van der Waals surface area (Å²) in [6.45, 7) is 0. The Morgan fingerprint density at radius 2 is 1.89 bits per heavy atom. The van der Waals surface area contributed by atoms with Crippen LogP contribution >= 0.6 is 0 Å². The molecule has 0 fully saturated rings. The van der Waals surface area contributed by atoms with E-state index < -0.39 is 0 Å². The zero-order valence-electron chi connectivity index (χ0n) is 9.12. The maximum atomic E-state index is 12.7. The molecular weight excluding hydrogens is 239 g/mol. The van der Waals surface area contributed by atoms with E-state index in [9.17, 15) is 4.39 Å². The predicted molar refractivity (Wildman–Crippen MR) is 61.0 cm³/mol. The molecule has 2 aromatic rings. The van der Waals surface area contributed by atoms with E-state index in [1.165, 1.54) is 36.7 Å². The molecule has 0 amide bonds. The first-order chi connectivity index (χ1) is 8.70. The van der Waals surface area contributed by atoms with Crippen LogP contribution in [0.5, 0.6) is 11.6 Å². The number of nitrogens with two attached hydrogens (primary N) is 1. The lowest BCUT2D eigenvalue weighted by atomic mass is 10.3. The standard InChI is InChI=1S/C11H9FN4O2/c12-7-1-3-8(4-2-7)18-11-9(10(13)16-17)14-5-6-15-11/h1-6,17H,(H2,13,16). The van der Waals surface area contributed by atoms with Crippen LogP contribution in [0.15, 0.2) is 41.8 Å². The van der Waals surface area contributed by atoms with Crippen molar-refractivity contribution < 1.29 is 14.3 Å². The summed E-state index contributed by atoms with van der Waals surface area (Å²) in [5.74, 6) is -0.165. The average molecular weight is 248 g/mol. The van der Waals surface area contributed by atoms with E-state index in [-0.39, 0.29) is 23.2 Å². The summed E-state index contributed by atoms with van der Waals surface area (Å²) in [7, 11) is 0. The van der Waals surface area contributed by atoms with Crippen molar-refractivity contribution in [3.05, 3.63) is 48.2 Å². The molecule has 0 unspecified atom stereocenters. The third kappa shape index (κ3) is 2.51. The topological polar surface area (TPSA) is 93.6 Å². The number of nitrogens with zero attached hydrogens (tertiary/aromatic N) is 3. The normalized spacial score (nSPS) is 11.3. The molecule has 3 N–H and O–H groups in total. The minimum atomic E-state index is -0.377. The Hall–Kier alpha value is -2.70. The highest BCUT2D eigenvalue weighted by molar-refractivity contribution is 5.97. The molecular formula is C11H9FN4O2. The zero-order valence-corrected chi connectivity index (χ0v) is 9.12. The van der Waals surface area contributed by atoms with E-state index in [1.807, 2.05) is 0 Å². The van der Waals surface area contributed by atoms with Crippen molar-refractivity contribution in [1.82, 2.24) is 9.97 Å². The summed E-state index contributed by atoms with van der Waals surface area (Å²) in [5, 5.41) is 11.4. The van der Waals surface area contributed by atoms with Gasteiger partial charge in [-0.25, -0.2) is 14.4 Å². The van der Waals surface area contributed by atoms with E-state index in [1.54, 1.807) is 0 Å². The fourth-order valence-electron chi connectivity index (χ4n) is 1.24. The fourth-order valence-corrected chi connectivity index (χ4v) is 1.24. The third-order valence-electron chi connectivity index (χ3n) is 2.04. The van der Waals surface area contributed by atoms with Crippen molar-refractivity contribution >= 4 is 5.84 Å². The van der Waals surface area contributed by atoms with Crippen molar-refractivity contribution in [2.45, 2.75) is 0 Å². The first-order valence-corrected chi connectivity index (χ1v) is 4.93. The summed E-state index contributed by atoms with van der Waals surface area (Å²) >= 11 is 0. The van der Waals surface area contributed by atoms with Gasteiger partial charge in [-0.1, -0.05) is 5.16 Å². The molecule has 1 aromatic heterocycles. The Labute approximate surface area is 102 Å². The lowest BCUT2D eigenvalue weighted by Crippen LogP contribution is -2.16. The molecule has 0 radical (unpaired) electrons. The van der Waals surface area contributed by atoms with Crippen LogP contribution in [0.1, 0.15) is 5.69 Å². The predicted octanol–water partition coefficient (Wildman–Crippen LogP) is 1.50. The molecule has 0 aliphatic rings. The molecule has 2 rings (SSSR count). The molecule has 0 aliphatic heterocycles. The largest absolute Gasteiger partial charge is 0.437 e. The molecule has 0 saturated carbocycles. The van der Waals surface area contributed by atoms with Crippen molar-refractivity contribution in [3.8, 4) is 11.6 Å². The summed E-state index contributed by atoms with van der Waals surface area (Å²) in [6.07, 6.45) is 2.78. The molecule has 7 heteroatoms. The quantitative estimate of drug-likeness (QED) is 0.371. The Bertz CT molecular complexity index is 572. The van der Waals surface area contributed by atoms with Gasteiger partial charge in [0.2, 0.25) is 5.88 Å². The van der Waals surface area contributed by atoms with Crippen molar-refractivity contribution in [1.29, 1.82) is 0 Å². The SMILES string of the molecule is NC(=NO)c1nccnc1Oc1ccc(F)cc1. The van der Waals surface area contributed by atoms with Gasteiger partial charge in [-0.05, 0) is 24.3 Å². The number of ether oxygens (including phenoxy) is 1. The van der Waals surface area contributed by atoms with Crippen molar-refractivity contribution in [2.75, 3.05) is 0 Å². The molecule has 18 heavy (non-hydrogen) atoms. The number of halogens is 1. The van der Waals surface area contributed by atoms with Gasteiger partial charge in [0.15, 0.2) is 11.5 Å². The number of benzene rings is 1. The van der Waals surface area contributed by atoms with Crippen LogP contribution in [0.3, 0.4) is 0 Å². The van der Waals surface area contributed by atoms with Crippen LogP contribution in [0.2, 0.25) is 0 Å². The monoisotopic (exact) mass is 248 g/mol. The van der Waals surface area contributed by atoms with Gasteiger partial charge in [-0.2, -0.15) is 0 Å². The smallest absolute Gasteiger partial charge is 0.249 e. The first-order valence-electron chi connectivity index (χ1n) is 4.93. The van der Waals surface area contributed by atoms with Crippen LogP contribution in [0.25, 0.3) is 0 Å². The molecule has 0 saturated heterocycles. The van der Waals surface area contributed by atoms with Crippen molar-refractivity contribution in [2.24, 2.45) is 10.9 Å². The molecule has 1 aromatic carbocycles. The van der Waals surface area contributed by atoms with Crippen LogP contribution in [-0.2, 0) is 0 Å². The van der Waals surface area contributed by atoms with Gasteiger partial charge in [0.25, 0.3) is 0 Å². The first kappa shape index (κ1) is 11.8. The fraction of sp³-hybridized carbons (Fsp3) is 0. The third-order valence-corrected chi connectivity index (χ3v) is 2.04. The van der Waals surface area contributed by atoms with Crippen LogP contribution in [0.4, 0.5) is 4.39 Å². The second kappa shape index (κ2) is 5.09. The van der Waals surface area contributed by atoms with Crippen molar-refractivity contribution in [3.63, 3.8) is 0 Å². The van der Waals surface area contributed by atoms with Gasteiger partial charge in [0.05, 0.1) is 0 Å². The highest BCUT2D eigenvalue weighted by Crippen LogP contribution is 2.21.